The number of aliphatic hydroxyl groups is 1. The van der Waals surface area contributed by atoms with E-state index >= 15 is 0 Å². The molecule has 0 aliphatic carbocycles. The first-order valence-electron chi connectivity index (χ1n) is 4.60. The summed E-state index contributed by atoms with van der Waals surface area (Å²) in [5.74, 6) is 1.10. The summed E-state index contributed by atoms with van der Waals surface area (Å²) in [6.07, 6.45) is 0. The number of ether oxygens (including phenoxy) is 1. The topological polar surface area (TPSA) is 29.5 Å². The monoisotopic (exact) mass is 231 g/mol. The van der Waals surface area contributed by atoms with E-state index in [9.17, 15) is 4.39 Å². The summed E-state index contributed by atoms with van der Waals surface area (Å²) in [5.41, 5.74) is 0.641. The van der Waals surface area contributed by atoms with Gasteiger partial charge in [-0.25, -0.2) is 4.39 Å². The predicted molar refractivity (Wildman–Crippen MR) is 57.7 cm³/mol. The summed E-state index contributed by atoms with van der Waals surface area (Å²) in [7, 11) is 0. The highest BCUT2D eigenvalue weighted by Crippen LogP contribution is 2.21. The Kier molecular flexibility index (Phi) is 4.85. The number of aliphatic hydroxyl groups excluding tert-OH is 1. The van der Waals surface area contributed by atoms with Gasteiger partial charge in [-0.1, -0.05) is 6.92 Å². The minimum absolute atomic E-state index is 0.0988. The van der Waals surface area contributed by atoms with E-state index in [1.54, 1.807) is 13.0 Å². The number of hydrogen-bond donors (Lipinski definition) is 1. The molecule has 2 nitrogen and oxygen atoms in total. The van der Waals surface area contributed by atoms with E-state index in [0.29, 0.717) is 29.7 Å². The third-order valence-electron chi connectivity index (χ3n) is 1.95. The SMILES string of the molecule is C[C](CO)c1cc(F)cc(OCCCl)c1. The van der Waals surface area contributed by atoms with Gasteiger partial charge >= 0.3 is 0 Å². The lowest BCUT2D eigenvalue weighted by Gasteiger charge is -2.10. The molecule has 1 rings (SSSR count). The molecular formula is C11H13ClFO2. The van der Waals surface area contributed by atoms with E-state index in [0.717, 1.165) is 0 Å². The van der Waals surface area contributed by atoms with Gasteiger partial charge < -0.3 is 9.84 Å². The van der Waals surface area contributed by atoms with Crippen LogP contribution in [0.15, 0.2) is 18.2 Å². The Bertz CT molecular complexity index is 317. The first-order valence-corrected chi connectivity index (χ1v) is 5.14. The van der Waals surface area contributed by atoms with E-state index in [4.69, 9.17) is 21.4 Å². The summed E-state index contributed by atoms with van der Waals surface area (Å²) in [6, 6.07) is 4.33. The van der Waals surface area contributed by atoms with Gasteiger partial charge in [-0.15, -0.1) is 11.6 Å². The zero-order valence-electron chi connectivity index (χ0n) is 8.46. The first-order chi connectivity index (χ1) is 7.17. The number of alkyl halides is 1. The standard InChI is InChI=1S/C11H13ClFO2/c1-8(7-14)9-4-10(13)6-11(5-9)15-3-2-12/h4-6,14H,2-3,7H2,1H3. The third-order valence-corrected chi connectivity index (χ3v) is 2.10. The second-order valence-corrected chi connectivity index (χ2v) is 3.53. The Morgan fingerprint density at radius 2 is 2.20 bits per heavy atom. The molecule has 0 amide bonds. The van der Waals surface area contributed by atoms with Crippen LogP contribution in [0.5, 0.6) is 5.75 Å². The van der Waals surface area contributed by atoms with Crippen LogP contribution in [-0.2, 0) is 0 Å². The summed E-state index contributed by atoms with van der Waals surface area (Å²) in [4.78, 5) is 0. The Morgan fingerprint density at radius 3 is 2.80 bits per heavy atom. The van der Waals surface area contributed by atoms with Crippen molar-refractivity contribution in [1.29, 1.82) is 0 Å². The van der Waals surface area contributed by atoms with Crippen LogP contribution in [0.2, 0.25) is 0 Å². The van der Waals surface area contributed by atoms with Gasteiger partial charge in [0.15, 0.2) is 0 Å². The van der Waals surface area contributed by atoms with Crippen molar-refractivity contribution in [2.45, 2.75) is 6.92 Å². The average Bonchev–Trinajstić information content (AvgIpc) is 2.24. The van der Waals surface area contributed by atoms with Gasteiger partial charge in [-0.3, -0.25) is 0 Å². The van der Waals surface area contributed by atoms with Crippen molar-refractivity contribution in [3.8, 4) is 5.75 Å². The van der Waals surface area contributed by atoms with Crippen molar-refractivity contribution in [2.24, 2.45) is 0 Å². The van der Waals surface area contributed by atoms with E-state index in [-0.39, 0.29) is 12.4 Å². The lowest BCUT2D eigenvalue weighted by atomic mass is 10.0. The summed E-state index contributed by atoms with van der Waals surface area (Å²) < 4.78 is 18.3. The van der Waals surface area contributed by atoms with Crippen molar-refractivity contribution < 1.29 is 14.2 Å². The maximum Gasteiger partial charge on any atom is 0.127 e. The number of rotatable bonds is 5. The zero-order valence-corrected chi connectivity index (χ0v) is 9.22. The quantitative estimate of drug-likeness (QED) is 0.789. The molecule has 1 N–H and O–H groups in total. The van der Waals surface area contributed by atoms with Crippen molar-refractivity contribution in [3.05, 3.63) is 35.5 Å². The Hall–Kier alpha value is -0.800. The van der Waals surface area contributed by atoms with E-state index in [2.05, 4.69) is 0 Å². The molecule has 1 aromatic carbocycles. The Morgan fingerprint density at radius 1 is 1.47 bits per heavy atom. The fourth-order valence-corrected chi connectivity index (χ4v) is 1.22. The van der Waals surface area contributed by atoms with Crippen LogP contribution < -0.4 is 4.74 Å². The molecule has 15 heavy (non-hydrogen) atoms. The maximum absolute atomic E-state index is 13.1. The molecule has 4 heteroatoms. The molecule has 0 saturated heterocycles. The lowest BCUT2D eigenvalue weighted by Crippen LogP contribution is -2.03. The summed E-state index contributed by atoms with van der Waals surface area (Å²) in [5, 5.41) is 8.92. The molecule has 0 unspecified atom stereocenters. The van der Waals surface area contributed by atoms with Crippen LogP contribution >= 0.6 is 11.6 Å². The third kappa shape index (κ3) is 3.68. The van der Waals surface area contributed by atoms with Crippen LogP contribution in [0.3, 0.4) is 0 Å². The van der Waals surface area contributed by atoms with Gasteiger partial charge in [0.05, 0.1) is 12.5 Å². The fourth-order valence-electron chi connectivity index (χ4n) is 1.14. The van der Waals surface area contributed by atoms with E-state index < -0.39 is 0 Å². The molecule has 0 atom stereocenters. The second-order valence-electron chi connectivity index (χ2n) is 3.15. The predicted octanol–water partition coefficient (Wildman–Crippen LogP) is 2.38. The average molecular weight is 232 g/mol. The van der Waals surface area contributed by atoms with Crippen molar-refractivity contribution in [1.82, 2.24) is 0 Å². The van der Waals surface area contributed by atoms with E-state index in [1.165, 1.54) is 12.1 Å². The fraction of sp³-hybridized carbons (Fsp3) is 0.364. The zero-order chi connectivity index (χ0) is 11.3. The summed E-state index contributed by atoms with van der Waals surface area (Å²) >= 11 is 5.46. The number of benzene rings is 1. The molecule has 0 saturated carbocycles. The minimum atomic E-state index is -0.384. The Balaban J connectivity index is 2.84. The van der Waals surface area contributed by atoms with Gasteiger partial charge in [0, 0.05) is 12.0 Å². The molecule has 0 fully saturated rings. The van der Waals surface area contributed by atoms with Gasteiger partial charge in [-0.2, -0.15) is 0 Å². The van der Waals surface area contributed by atoms with Crippen LogP contribution in [0, 0.1) is 11.7 Å². The van der Waals surface area contributed by atoms with Gasteiger partial charge in [0.1, 0.15) is 18.2 Å². The molecular weight excluding hydrogens is 219 g/mol. The van der Waals surface area contributed by atoms with Crippen LogP contribution in [0.25, 0.3) is 0 Å². The van der Waals surface area contributed by atoms with Crippen molar-refractivity contribution in [2.75, 3.05) is 19.1 Å². The highest BCUT2D eigenvalue weighted by molar-refractivity contribution is 6.17. The molecule has 0 aliphatic rings. The molecule has 0 aromatic heterocycles. The number of hydrogen-bond acceptors (Lipinski definition) is 2. The molecule has 83 valence electrons. The largest absolute Gasteiger partial charge is 0.492 e. The number of halogens is 2. The van der Waals surface area contributed by atoms with Crippen LogP contribution in [-0.4, -0.2) is 24.2 Å². The van der Waals surface area contributed by atoms with Crippen molar-refractivity contribution in [3.63, 3.8) is 0 Å². The normalized spacial score (nSPS) is 10.7. The molecule has 1 radical (unpaired) electrons. The van der Waals surface area contributed by atoms with Gasteiger partial charge in [-0.05, 0) is 17.7 Å². The van der Waals surface area contributed by atoms with Crippen LogP contribution in [0.1, 0.15) is 12.5 Å². The van der Waals surface area contributed by atoms with Gasteiger partial charge in [0.2, 0.25) is 0 Å². The highest BCUT2D eigenvalue weighted by Gasteiger charge is 2.08. The highest BCUT2D eigenvalue weighted by atomic mass is 35.5. The smallest absolute Gasteiger partial charge is 0.127 e. The van der Waals surface area contributed by atoms with Crippen molar-refractivity contribution >= 4 is 11.6 Å². The van der Waals surface area contributed by atoms with Gasteiger partial charge in [0.25, 0.3) is 0 Å². The Labute approximate surface area is 93.6 Å². The molecule has 0 spiro atoms. The minimum Gasteiger partial charge on any atom is -0.492 e. The van der Waals surface area contributed by atoms with E-state index in [1.807, 2.05) is 0 Å². The second kappa shape index (κ2) is 5.93. The molecule has 0 aliphatic heterocycles. The molecule has 0 bridgehead atoms. The lowest BCUT2D eigenvalue weighted by molar-refractivity contribution is 0.314. The maximum atomic E-state index is 13.1. The first kappa shape index (κ1) is 12.3. The molecule has 0 heterocycles. The van der Waals surface area contributed by atoms with Crippen LogP contribution in [0.4, 0.5) is 4.39 Å². The summed E-state index contributed by atoms with van der Waals surface area (Å²) in [6.45, 7) is 1.97. The molecule has 1 aromatic rings.